The van der Waals surface area contributed by atoms with Gasteiger partial charge in [-0.2, -0.15) is 4.31 Å². The first kappa shape index (κ1) is 22.3. The molecule has 2 aromatic carbocycles. The van der Waals surface area contributed by atoms with Gasteiger partial charge >= 0.3 is 4.87 Å². The van der Waals surface area contributed by atoms with Gasteiger partial charge in [0.1, 0.15) is 11.5 Å². The summed E-state index contributed by atoms with van der Waals surface area (Å²) in [5, 5.41) is 0. The number of nitrogens with zero attached hydrogens (tertiary/aromatic N) is 2. The lowest BCUT2D eigenvalue weighted by Gasteiger charge is -2.34. The van der Waals surface area contributed by atoms with E-state index in [0.717, 1.165) is 16.9 Å². The fourth-order valence-corrected chi connectivity index (χ4v) is 5.97. The molecule has 0 atom stereocenters. The van der Waals surface area contributed by atoms with Gasteiger partial charge in [0.25, 0.3) is 0 Å². The van der Waals surface area contributed by atoms with E-state index in [1.165, 1.54) is 16.4 Å². The Labute approximate surface area is 189 Å². The molecular formula is C21H23N3O6S2. The van der Waals surface area contributed by atoms with Gasteiger partial charge in [-0.3, -0.25) is 9.59 Å². The smallest absolute Gasteiger partial charge is 0.305 e. The van der Waals surface area contributed by atoms with E-state index in [-0.39, 0.29) is 35.2 Å². The van der Waals surface area contributed by atoms with E-state index in [9.17, 15) is 18.0 Å². The van der Waals surface area contributed by atoms with Gasteiger partial charge in [-0.1, -0.05) is 11.3 Å². The predicted octanol–water partition coefficient (Wildman–Crippen LogP) is 1.68. The number of H-pyrrole nitrogens is 1. The van der Waals surface area contributed by atoms with Crippen LogP contribution in [-0.2, 0) is 21.2 Å². The zero-order chi connectivity index (χ0) is 22.9. The number of benzene rings is 2. The van der Waals surface area contributed by atoms with Crippen LogP contribution in [0, 0.1) is 0 Å². The van der Waals surface area contributed by atoms with Crippen LogP contribution in [0.1, 0.15) is 5.56 Å². The Kier molecular flexibility index (Phi) is 6.22. The fourth-order valence-electron chi connectivity index (χ4n) is 3.67. The van der Waals surface area contributed by atoms with Crippen molar-refractivity contribution in [2.24, 2.45) is 0 Å². The summed E-state index contributed by atoms with van der Waals surface area (Å²) in [7, 11) is -0.618. The molecule has 0 aliphatic carbocycles. The number of carbonyl (C=O) groups excluding carboxylic acids is 1. The molecule has 1 saturated heterocycles. The maximum Gasteiger partial charge on any atom is 0.305 e. The third-order valence-electron chi connectivity index (χ3n) is 5.39. The number of carbonyl (C=O) groups is 1. The van der Waals surface area contributed by atoms with E-state index in [1.54, 1.807) is 43.4 Å². The molecule has 1 fully saturated rings. The van der Waals surface area contributed by atoms with Crippen molar-refractivity contribution in [1.29, 1.82) is 0 Å². The molecule has 2 heterocycles. The second-order valence-electron chi connectivity index (χ2n) is 7.36. The first-order valence-corrected chi connectivity index (χ1v) is 12.2. The molecule has 11 heteroatoms. The van der Waals surface area contributed by atoms with Gasteiger partial charge in [0.05, 0.1) is 35.8 Å². The summed E-state index contributed by atoms with van der Waals surface area (Å²) < 4.78 is 38.6. The number of methoxy groups -OCH3 is 2. The van der Waals surface area contributed by atoms with Gasteiger partial charge in [-0.25, -0.2) is 8.42 Å². The van der Waals surface area contributed by atoms with Crippen molar-refractivity contribution in [3.8, 4) is 11.5 Å². The Morgan fingerprint density at radius 1 is 1.03 bits per heavy atom. The molecule has 9 nitrogen and oxygen atoms in total. The van der Waals surface area contributed by atoms with Crippen LogP contribution in [-0.4, -0.2) is 68.9 Å². The summed E-state index contributed by atoms with van der Waals surface area (Å²) in [5.41, 5.74) is 1.38. The topological polar surface area (TPSA) is 109 Å². The van der Waals surface area contributed by atoms with Crippen molar-refractivity contribution in [3.63, 3.8) is 0 Å². The highest BCUT2D eigenvalue weighted by Crippen LogP contribution is 2.25. The van der Waals surface area contributed by atoms with E-state index < -0.39 is 10.0 Å². The number of hydrogen-bond donors (Lipinski definition) is 1. The minimum atomic E-state index is -3.72. The van der Waals surface area contributed by atoms with E-state index >= 15 is 0 Å². The predicted molar refractivity (Wildman–Crippen MR) is 121 cm³/mol. The number of rotatable bonds is 6. The van der Waals surface area contributed by atoms with Crippen molar-refractivity contribution in [2.75, 3.05) is 40.4 Å². The van der Waals surface area contributed by atoms with Crippen LogP contribution in [0.15, 0.2) is 46.1 Å². The number of aromatic amines is 1. The van der Waals surface area contributed by atoms with Crippen molar-refractivity contribution in [2.45, 2.75) is 11.3 Å². The number of aromatic nitrogens is 1. The summed E-state index contributed by atoms with van der Waals surface area (Å²) >= 11 is 0.975. The van der Waals surface area contributed by atoms with Gasteiger partial charge < -0.3 is 19.4 Å². The largest absolute Gasteiger partial charge is 0.497 e. The lowest BCUT2D eigenvalue weighted by molar-refractivity contribution is -0.131. The van der Waals surface area contributed by atoms with Gasteiger partial charge in [-0.15, -0.1) is 0 Å². The SMILES string of the molecule is COc1cc(CC(=O)N2CCN(S(=O)(=O)c3ccc4[nH]c(=O)sc4c3)CC2)cc(OC)c1. The number of sulfonamides is 1. The van der Waals surface area contributed by atoms with E-state index in [2.05, 4.69) is 4.98 Å². The number of amides is 1. The van der Waals surface area contributed by atoms with E-state index in [0.29, 0.717) is 34.8 Å². The second-order valence-corrected chi connectivity index (χ2v) is 10.3. The highest BCUT2D eigenvalue weighted by atomic mass is 32.2. The molecule has 0 radical (unpaired) electrons. The molecule has 1 amide bonds. The third-order valence-corrected chi connectivity index (χ3v) is 8.13. The number of ether oxygens (including phenoxy) is 2. The summed E-state index contributed by atoms with van der Waals surface area (Å²) in [6.07, 6.45) is 0.170. The van der Waals surface area contributed by atoms with Crippen LogP contribution < -0.4 is 14.3 Å². The quantitative estimate of drug-likeness (QED) is 0.579. The molecule has 0 unspecified atom stereocenters. The number of thiazole rings is 1. The van der Waals surface area contributed by atoms with Crippen LogP contribution in [0.4, 0.5) is 0 Å². The normalized spacial score (nSPS) is 15.1. The lowest BCUT2D eigenvalue weighted by atomic mass is 10.1. The van der Waals surface area contributed by atoms with Gasteiger partial charge in [-0.05, 0) is 35.9 Å². The molecule has 1 aromatic heterocycles. The molecule has 0 saturated carbocycles. The standard InChI is InChI=1S/C21H23N3O6S2/c1-29-15-9-14(10-16(12-15)30-2)11-20(25)23-5-7-24(8-6-23)32(27,28)17-3-4-18-19(13-17)31-21(26)22-18/h3-4,9-10,12-13H,5-8,11H2,1-2H3,(H,22,26). The molecule has 1 aliphatic rings. The van der Waals surface area contributed by atoms with Crippen LogP contribution in [0.3, 0.4) is 0 Å². The average Bonchev–Trinajstić information content (AvgIpc) is 3.18. The second kappa shape index (κ2) is 8.93. The fraction of sp³-hybridized carbons (Fsp3) is 0.333. The van der Waals surface area contributed by atoms with Crippen LogP contribution in [0.25, 0.3) is 10.2 Å². The van der Waals surface area contributed by atoms with Crippen molar-refractivity contribution in [1.82, 2.24) is 14.2 Å². The van der Waals surface area contributed by atoms with E-state index in [4.69, 9.17) is 9.47 Å². The molecule has 1 N–H and O–H groups in total. The molecule has 0 spiro atoms. The summed E-state index contributed by atoms with van der Waals surface area (Å²) in [4.78, 5) is 28.5. The van der Waals surface area contributed by atoms with E-state index in [1.807, 2.05) is 0 Å². The number of hydrogen-bond acceptors (Lipinski definition) is 7. The third kappa shape index (κ3) is 4.50. The first-order chi connectivity index (χ1) is 15.3. The first-order valence-electron chi connectivity index (χ1n) is 9.93. The number of piperazine rings is 1. The summed E-state index contributed by atoms with van der Waals surface area (Å²) in [6.45, 7) is 1.02. The zero-order valence-corrected chi connectivity index (χ0v) is 19.3. The molecule has 4 rings (SSSR count). The van der Waals surface area contributed by atoms with Crippen molar-refractivity contribution >= 4 is 37.5 Å². The average molecular weight is 478 g/mol. The monoisotopic (exact) mass is 477 g/mol. The Balaban J connectivity index is 1.42. The summed E-state index contributed by atoms with van der Waals surface area (Å²) in [6, 6.07) is 9.91. The van der Waals surface area contributed by atoms with Crippen LogP contribution in [0.5, 0.6) is 11.5 Å². The van der Waals surface area contributed by atoms with Crippen LogP contribution in [0.2, 0.25) is 0 Å². The number of nitrogens with one attached hydrogen (secondary N) is 1. The van der Waals surface area contributed by atoms with Crippen molar-refractivity contribution in [3.05, 3.63) is 51.6 Å². The van der Waals surface area contributed by atoms with Gasteiger partial charge in [0.15, 0.2) is 0 Å². The van der Waals surface area contributed by atoms with Gasteiger partial charge in [0.2, 0.25) is 15.9 Å². The Bertz CT molecular complexity index is 1280. The summed E-state index contributed by atoms with van der Waals surface area (Å²) in [5.74, 6) is 1.12. The maximum absolute atomic E-state index is 13.1. The Hall–Kier alpha value is -2.89. The maximum atomic E-state index is 13.1. The molecule has 170 valence electrons. The lowest BCUT2D eigenvalue weighted by Crippen LogP contribution is -2.50. The van der Waals surface area contributed by atoms with Crippen molar-refractivity contribution < 1.29 is 22.7 Å². The van der Waals surface area contributed by atoms with Crippen LogP contribution >= 0.6 is 11.3 Å². The van der Waals surface area contributed by atoms with Gasteiger partial charge in [0, 0.05) is 32.2 Å². The highest BCUT2D eigenvalue weighted by molar-refractivity contribution is 7.89. The number of fused-ring (bicyclic) bond motifs is 1. The Morgan fingerprint density at radius 2 is 1.69 bits per heavy atom. The molecular weight excluding hydrogens is 454 g/mol. The molecule has 32 heavy (non-hydrogen) atoms. The minimum absolute atomic E-state index is 0.0872. The Morgan fingerprint density at radius 3 is 2.31 bits per heavy atom. The zero-order valence-electron chi connectivity index (χ0n) is 17.7. The minimum Gasteiger partial charge on any atom is -0.497 e. The molecule has 1 aliphatic heterocycles. The highest BCUT2D eigenvalue weighted by Gasteiger charge is 2.30. The molecule has 3 aromatic rings. The molecule has 0 bridgehead atoms.